The van der Waals surface area contributed by atoms with Crippen molar-refractivity contribution < 1.29 is 4.79 Å². The van der Waals surface area contributed by atoms with Crippen LogP contribution in [0.25, 0.3) is 11.3 Å². The van der Waals surface area contributed by atoms with Crippen LogP contribution in [0.1, 0.15) is 15.9 Å². The summed E-state index contributed by atoms with van der Waals surface area (Å²) in [5, 5.41) is 4.59. The summed E-state index contributed by atoms with van der Waals surface area (Å²) in [6.45, 7) is 5.32. The van der Waals surface area contributed by atoms with Gasteiger partial charge in [0, 0.05) is 51.0 Å². The van der Waals surface area contributed by atoms with Crippen LogP contribution in [0.4, 0.5) is 5.82 Å². The fourth-order valence-electron chi connectivity index (χ4n) is 4.28. The fourth-order valence-corrected chi connectivity index (χ4v) is 4.28. The molecule has 0 radical (unpaired) electrons. The first-order valence-corrected chi connectivity index (χ1v) is 11.8. The highest BCUT2D eigenvalue weighted by atomic mass is 16.2. The van der Waals surface area contributed by atoms with Gasteiger partial charge in [0.1, 0.15) is 5.82 Å². The molecular weight excluding hydrogens is 426 g/mol. The Balaban J connectivity index is 1.47. The van der Waals surface area contributed by atoms with Gasteiger partial charge in [-0.15, -0.1) is 0 Å². The number of rotatable bonds is 8. The molecule has 4 rings (SSSR count). The van der Waals surface area contributed by atoms with Crippen molar-refractivity contribution in [1.82, 2.24) is 29.5 Å². The highest BCUT2D eigenvalue weighted by Gasteiger charge is 2.27. The largest absolute Gasteiger partial charge is 0.353 e. The summed E-state index contributed by atoms with van der Waals surface area (Å²) in [6.07, 6.45) is 3.68. The highest BCUT2D eigenvalue weighted by Crippen LogP contribution is 2.26. The first-order valence-electron chi connectivity index (χ1n) is 11.8. The molecule has 1 fully saturated rings. The first-order chi connectivity index (χ1) is 16.4. The Kier molecular flexibility index (Phi) is 7.59. The minimum Gasteiger partial charge on any atom is -0.353 e. The van der Waals surface area contributed by atoms with E-state index in [0.717, 1.165) is 49.8 Å². The summed E-state index contributed by atoms with van der Waals surface area (Å²) in [5.74, 6) is 1.01. The minimum atomic E-state index is 0.0453. The maximum atomic E-state index is 13.6. The Hall–Kier alpha value is -3.23. The van der Waals surface area contributed by atoms with E-state index >= 15 is 0 Å². The molecule has 0 aliphatic carbocycles. The molecule has 1 aliphatic heterocycles. The van der Waals surface area contributed by atoms with Crippen molar-refractivity contribution in [1.29, 1.82) is 0 Å². The maximum Gasteiger partial charge on any atom is 0.257 e. The van der Waals surface area contributed by atoms with Crippen molar-refractivity contribution in [3.05, 3.63) is 66.0 Å². The molecule has 0 unspecified atom stereocenters. The third kappa shape index (κ3) is 5.63. The van der Waals surface area contributed by atoms with E-state index in [1.165, 1.54) is 5.56 Å². The highest BCUT2D eigenvalue weighted by molar-refractivity contribution is 6.00. The third-order valence-corrected chi connectivity index (χ3v) is 6.07. The molecule has 0 spiro atoms. The molecular formula is C26H35N7O. The van der Waals surface area contributed by atoms with Gasteiger partial charge >= 0.3 is 0 Å². The predicted molar refractivity (Wildman–Crippen MR) is 136 cm³/mol. The number of carbonyl (C=O) groups excluding carboxylic acids is 1. The summed E-state index contributed by atoms with van der Waals surface area (Å²) in [7, 11) is 8.20. The molecule has 1 aromatic carbocycles. The standard InChI is InChI=1S/C26H35N7O/c1-29(2)12-17-33-25(22-8-6-5-7-9-22)23(19-28-33)26(34)32-15-13-31(14-16-32)24-11-10-21(18-27-24)20-30(3)4/h5-11,18-19H,12-17,20H2,1-4H3. The molecule has 1 aliphatic rings. The van der Waals surface area contributed by atoms with Gasteiger partial charge in [-0.1, -0.05) is 36.4 Å². The molecule has 0 bridgehead atoms. The summed E-state index contributed by atoms with van der Waals surface area (Å²) < 4.78 is 1.96. The number of benzene rings is 1. The molecule has 34 heavy (non-hydrogen) atoms. The Labute approximate surface area is 202 Å². The lowest BCUT2D eigenvalue weighted by atomic mass is 10.1. The van der Waals surface area contributed by atoms with Crippen molar-refractivity contribution in [2.24, 2.45) is 0 Å². The zero-order chi connectivity index (χ0) is 24.1. The van der Waals surface area contributed by atoms with Crippen molar-refractivity contribution in [3.63, 3.8) is 0 Å². The molecule has 2 aromatic heterocycles. The summed E-state index contributed by atoms with van der Waals surface area (Å²) in [5.41, 5.74) is 3.78. The van der Waals surface area contributed by atoms with Crippen LogP contribution in [0.5, 0.6) is 0 Å². The summed E-state index contributed by atoms with van der Waals surface area (Å²) >= 11 is 0. The number of nitrogens with zero attached hydrogens (tertiary/aromatic N) is 7. The van der Waals surface area contributed by atoms with Gasteiger partial charge in [-0.2, -0.15) is 5.10 Å². The number of anilines is 1. The van der Waals surface area contributed by atoms with E-state index in [0.29, 0.717) is 18.7 Å². The second-order valence-electron chi connectivity index (χ2n) is 9.34. The predicted octanol–water partition coefficient (Wildman–Crippen LogP) is 2.53. The number of hydrogen-bond donors (Lipinski definition) is 0. The van der Waals surface area contributed by atoms with Crippen LogP contribution < -0.4 is 4.90 Å². The number of carbonyl (C=O) groups is 1. The smallest absolute Gasteiger partial charge is 0.257 e. The topological polar surface area (TPSA) is 60.7 Å². The van der Waals surface area contributed by atoms with Crippen LogP contribution in [0.15, 0.2) is 54.9 Å². The molecule has 3 heterocycles. The minimum absolute atomic E-state index is 0.0453. The zero-order valence-corrected chi connectivity index (χ0v) is 20.7. The average Bonchev–Trinajstić information content (AvgIpc) is 3.27. The molecule has 0 N–H and O–H groups in total. The van der Waals surface area contributed by atoms with E-state index in [2.05, 4.69) is 51.0 Å². The number of hydrogen-bond acceptors (Lipinski definition) is 6. The maximum absolute atomic E-state index is 13.6. The van der Waals surface area contributed by atoms with Crippen LogP contribution in [0.3, 0.4) is 0 Å². The van der Waals surface area contributed by atoms with Gasteiger partial charge in [0.2, 0.25) is 0 Å². The second-order valence-corrected chi connectivity index (χ2v) is 9.34. The molecule has 180 valence electrons. The average molecular weight is 462 g/mol. The quantitative estimate of drug-likeness (QED) is 0.514. The molecule has 0 atom stereocenters. The van der Waals surface area contributed by atoms with Gasteiger partial charge in [-0.25, -0.2) is 4.98 Å². The SMILES string of the molecule is CN(C)CCn1ncc(C(=O)N2CCN(c3ccc(CN(C)C)cn3)CC2)c1-c1ccccc1. The van der Waals surface area contributed by atoms with Gasteiger partial charge in [-0.05, 0) is 39.8 Å². The van der Waals surface area contributed by atoms with Gasteiger partial charge in [0.15, 0.2) is 0 Å². The number of amides is 1. The lowest BCUT2D eigenvalue weighted by Gasteiger charge is -2.35. The van der Waals surface area contributed by atoms with Crippen LogP contribution in [-0.4, -0.2) is 96.3 Å². The van der Waals surface area contributed by atoms with Crippen LogP contribution in [0, 0.1) is 0 Å². The van der Waals surface area contributed by atoms with Crippen LogP contribution in [0.2, 0.25) is 0 Å². The van der Waals surface area contributed by atoms with Gasteiger partial charge in [-0.3, -0.25) is 9.48 Å². The zero-order valence-electron chi connectivity index (χ0n) is 20.7. The van der Waals surface area contributed by atoms with E-state index < -0.39 is 0 Å². The van der Waals surface area contributed by atoms with E-state index in [1.807, 2.05) is 60.2 Å². The normalized spacial score (nSPS) is 14.3. The lowest BCUT2D eigenvalue weighted by molar-refractivity contribution is 0.0747. The van der Waals surface area contributed by atoms with Crippen LogP contribution in [-0.2, 0) is 13.1 Å². The van der Waals surface area contributed by atoms with Gasteiger partial charge < -0.3 is 19.6 Å². The number of likely N-dealkylation sites (N-methyl/N-ethyl adjacent to an activating group) is 1. The lowest BCUT2D eigenvalue weighted by Crippen LogP contribution is -2.49. The molecule has 8 heteroatoms. The second kappa shape index (κ2) is 10.8. The molecule has 3 aromatic rings. The Morgan fingerprint density at radius 2 is 1.65 bits per heavy atom. The summed E-state index contributed by atoms with van der Waals surface area (Å²) in [6, 6.07) is 14.3. The monoisotopic (exact) mass is 461 g/mol. The van der Waals surface area contributed by atoms with E-state index in [-0.39, 0.29) is 5.91 Å². The fraction of sp³-hybridized carbons (Fsp3) is 0.423. The number of aromatic nitrogens is 3. The van der Waals surface area contributed by atoms with Gasteiger partial charge in [0.05, 0.1) is 24.0 Å². The van der Waals surface area contributed by atoms with Crippen molar-refractivity contribution in [3.8, 4) is 11.3 Å². The Morgan fingerprint density at radius 3 is 2.26 bits per heavy atom. The Morgan fingerprint density at radius 1 is 0.912 bits per heavy atom. The van der Waals surface area contributed by atoms with Crippen molar-refractivity contribution >= 4 is 11.7 Å². The molecule has 1 amide bonds. The first kappa shape index (κ1) is 23.9. The number of pyridine rings is 1. The molecule has 1 saturated heterocycles. The number of piperazine rings is 1. The van der Waals surface area contributed by atoms with E-state index in [4.69, 9.17) is 0 Å². The van der Waals surface area contributed by atoms with Gasteiger partial charge in [0.25, 0.3) is 5.91 Å². The van der Waals surface area contributed by atoms with Crippen molar-refractivity contribution in [2.75, 3.05) is 65.8 Å². The molecule has 0 saturated carbocycles. The van der Waals surface area contributed by atoms with E-state index in [9.17, 15) is 4.79 Å². The van der Waals surface area contributed by atoms with Crippen molar-refractivity contribution in [2.45, 2.75) is 13.1 Å². The third-order valence-electron chi connectivity index (χ3n) is 6.07. The van der Waals surface area contributed by atoms with Crippen LogP contribution >= 0.6 is 0 Å². The Bertz CT molecular complexity index is 1070. The summed E-state index contributed by atoms with van der Waals surface area (Å²) in [4.78, 5) is 26.7. The van der Waals surface area contributed by atoms with E-state index in [1.54, 1.807) is 6.20 Å². The molecule has 8 nitrogen and oxygen atoms in total.